The second-order valence-electron chi connectivity index (χ2n) is 8.99. The number of carboxylic acids is 1. The Kier molecular flexibility index (Phi) is 4.77. The van der Waals surface area contributed by atoms with Gasteiger partial charge in [-0.25, -0.2) is 9.80 Å². The van der Waals surface area contributed by atoms with Crippen LogP contribution in [0, 0.1) is 11.3 Å². The fraction of sp³-hybridized carbons (Fsp3) is 0.737. The topological polar surface area (TPSA) is 147 Å². The molecule has 11 heteroatoms. The maximum absolute atomic E-state index is 12.4. The number of fused-ring (bicyclic) bond motifs is 2. The molecule has 1 spiro atoms. The van der Waals surface area contributed by atoms with E-state index in [0.29, 0.717) is 17.9 Å². The SMILES string of the molecule is CC1C(SC2CN(NC3CCC(NC(=N)N)CC3)C2)=C(C(=O)O)N2C(=O)C3(CO3)C12. The lowest BCUT2D eigenvalue weighted by atomic mass is 9.82. The number of ether oxygens (including phenoxy) is 1. The molecule has 4 heterocycles. The number of hydrazine groups is 1. The van der Waals surface area contributed by atoms with Gasteiger partial charge in [0.1, 0.15) is 5.70 Å². The number of carboxylic acid groups (broad SMARTS) is 1. The van der Waals surface area contributed by atoms with Gasteiger partial charge in [0, 0.05) is 41.2 Å². The van der Waals surface area contributed by atoms with Crippen molar-refractivity contribution >= 4 is 29.6 Å². The van der Waals surface area contributed by atoms with Crippen LogP contribution in [-0.4, -0.2) is 81.5 Å². The van der Waals surface area contributed by atoms with Gasteiger partial charge in [-0.15, -0.1) is 11.8 Å². The second kappa shape index (κ2) is 7.11. The number of guanidine groups is 1. The van der Waals surface area contributed by atoms with Crippen LogP contribution in [0.1, 0.15) is 32.6 Å². The Labute approximate surface area is 179 Å². The number of hydrogen-bond donors (Lipinski definition) is 5. The van der Waals surface area contributed by atoms with E-state index in [2.05, 4.69) is 15.8 Å². The third-order valence-electron chi connectivity index (χ3n) is 6.95. The number of thioether (sulfide) groups is 1. The summed E-state index contributed by atoms with van der Waals surface area (Å²) >= 11 is 1.61. The van der Waals surface area contributed by atoms with Crippen LogP contribution in [-0.2, 0) is 14.3 Å². The molecule has 3 saturated heterocycles. The predicted molar refractivity (Wildman–Crippen MR) is 110 cm³/mol. The Morgan fingerprint density at radius 2 is 1.93 bits per heavy atom. The van der Waals surface area contributed by atoms with E-state index in [1.54, 1.807) is 11.8 Å². The summed E-state index contributed by atoms with van der Waals surface area (Å²) < 4.78 is 5.42. The van der Waals surface area contributed by atoms with Gasteiger partial charge in [0.25, 0.3) is 5.91 Å². The van der Waals surface area contributed by atoms with Crippen LogP contribution in [0.4, 0.5) is 0 Å². The summed E-state index contributed by atoms with van der Waals surface area (Å²) in [6.07, 6.45) is 4.05. The largest absolute Gasteiger partial charge is 0.477 e. The highest BCUT2D eigenvalue weighted by atomic mass is 32.2. The van der Waals surface area contributed by atoms with Gasteiger partial charge in [-0.05, 0) is 25.7 Å². The molecule has 5 aliphatic rings. The number of carbonyl (C=O) groups excluding carboxylic acids is 1. The molecule has 3 atom stereocenters. The molecule has 0 bridgehead atoms. The van der Waals surface area contributed by atoms with Gasteiger partial charge >= 0.3 is 5.97 Å². The third-order valence-corrected chi connectivity index (χ3v) is 8.40. The maximum atomic E-state index is 12.4. The van der Waals surface area contributed by atoms with Gasteiger partial charge in [-0.3, -0.25) is 20.5 Å². The van der Waals surface area contributed by atoms with E-state index >= 15 is 0 Å². The molecule has 0 aromatic heterocycles. The first-order valence-corrected chi connectivity index (χ1v) is 11.4. The van der Waals surface area contributed by atoms with Crippen molar-refractivity contribution in [2.75, 3.05) is 19.7 Å². The number of carbonyl (C=O) groups is 2. The number of rotatable bonds is 6. The van der Waals surface area contributed by atoms with E-state index < -0.39 is 11.6 Å². The average Bonchev–Trinajstić information content (AvgIpc) is 3.43. The van der Waals surface area contributed by atoms with Gasteiger partial charge < -0.3 is 20.9 Å². The van der Waals surface area contributed by atoms with Crippen LogP contribution in [0.3, 0.4) is 0 Å². The molecule has 1 saturated carbocycles. The number of nitrogens with two attached hydrogens (primary N) is 1. The van der Waals surface area contributed by atoms with Crippen LogP contribution < -0.4 is 16.5 Å². The van der Waals surface area contributed by atoms with E-state index in [-0.39, 0.29) is 35.6 Å². The molecule has 5 rings (SSSR count). The molecular formula is C19H28N6O4S. The van der Waals surface area contributed by atoms with Crippen LogP contribution >= 0.6 is 11.8 Å². The lowest BCUT2D eigenvalue weighted by Gasteiger charge is -2.43. The summed E-state index contributed by atoms with van der Waals surface area (Å²) in [6, 6.07) is 0.551. The Bertz CT molecular complexity index is 816. The van der Waals surface area contributed by atoms with E-state index in [0.717, 1.165) is 43.7 Å². The van der Waals surface area contributed by atoms with Crippen molar-refractivity contribution < 1.29 is 19.4 Å². The lowest BCUT2D eigenvalue weighted by Crippen LogP contribution is -2.67. The number of nitrogens with zero attached hydrogens (tertiary/aromatic N) is 2. The van der Waals surface area contributed by atoms with Crippen LogP contribution in [0.5, 0.6) is 0 Å². The Morgan fingerprint density at radius 1 is 1.30 bits per heavy atom. The molecule has 3 unspecified atom stereocenters. The van der Waals surface area contributed by atoms with E-state index in [1.807, 2.05) is 6.92 Å². The summed E-state index contributed by atoms with van der Waals surface area (Å²) in [6.45, 7) is 4.11. The molecule has 30 heavy (non-hydrogen) atoms. The predicted octanol–water partition coefficient (Wildman–Crippen LogP) is -0.372. The monoisotopic (exact) mass is 436 g/mol. The molecule has 6 N–H and O–H groups in total. The summed E-state index contributed by atoms with van der Waals surface area (Å²) in [5.74, 6) is -1.19. The number of nitrogens with one attached hydrogen (secondary N) is 3. The molecule has 4 fully saturated rings. The van der Waals surface area contributed by atoms with E-state index in [1.165, 1.54) is 4.90 Å². The molecule has 10 nitrogen and oxygen atoms in total. The first kappa shape index (κ1) is 20.1. The molecular weight excluding hydrogens is 408 g/mol. The highest BCUT2D eigenvalue weighted by Crippen LogP contribution is 2.58. The smallest absolute Gasteiger partial charge is 0.353 e. The summed E-state index contributed by atoms with van der Waals surface area (Å²) in [7, 11) is 0. The highest BCUT2D eigenvalue weighted by molar-refractivity contribution is 8.03. The number of aliphatic carboxylic acids is 1. The molecule has 0 radical (unpaired) electrons. The maximum Gasteiger partial charge on any atom is 0.353 e. The minimum Gasteiger partial charge on any atom is -0.477 e. The second-order valence-corrected chi connectivity index (χ2v) is 10.3. The molecule has 1 amide bonds. The van der Waals surface area contributed by atoms with Crippen molar-refractivity contribution in [1.29, 1.82) is 5.41 Å². The summed E-state index contributed by atoms with van der Waals surface area (Å²) in [5.41, 5.74) is 8.41. The van der Waals surface area contributed by atoms with Gasteiger partial charge in [-0.1, -0.05) is 6.92 Å². The van der Waals surface area contributed by atoms with E-state index in [9.17, 15) is 14.7 Å². The Morgan fingerprint density at radius 3 is 2.50 bits per heavy atom. The zero-order valence-corrected chi connectivity index (χ0v) is 17.7. The van der Waals surface area contributed by atoms with Crippen molar-refractivity contribution in [3.63, 3.8) is 0 Å². The zero-order chi connectivity index (χ0) is 21.2. The van der Waals surface area contributed by atoms with Crippen LogP contribution in [0.2, 0.25) is 0 Å². The van der Waals surface area contributed by atoms with Crippen molar-refractivity contribution in [3.8, 4) is 0 Å². The van der Waals surface area contributed by atoms with E-state index in [4.69, 9.17) is 15.9 Å². The third kappa shape index (κ3) is 3.10. The standard InChI is InChI=1S/C19H28N6O4S/c1-9-14(13(16(26)27)25-15(9)19(8-29-19)17(25)28)30-12-6-24(7-12)23-11-4-2-10(3-5-11)22-18(20)21/h9-12,15,23H,2-8H2,1H3,(H,26,27)(H4,20,21,22). The molecule has 0 aromatic rings. The molecule has 0 aromatic carbocycles. The summed E-state index contributed by atoms with van der Waals surface area (Å²) in [5, 5.41) is 22.6. The highest BCUT2D eigenvalue weighted by Gasteiger charge is 2.76. The minimum absolute atomic E-state index is 0.00707. The first-order chi connectivity index (χ1) is 14.3. The summed E-state index contributed by atoms with van der Waals surface area (Å²) in [4.78, 5) is 26.6. The van der Waals surface area contributed by atoms with Gasteiger partial charge in [-0.2, -0.15) is 0 Å². The fourth-order valence-electron chi connectivity index (χ4n) is 5.33. The zero-order valence-electron chi connectivity index (χ0n) is 16.9. The Hall–Kier alpha value is -1.82. The lowest BCUT2D eigenvalue weighted by molar-refractivity contribution is -0.158. The first-order valence-electron chi connectivity index (χ1n) is 10.5. The number of hydrogen-bond acceptors (Lipinski definition) is 7. The minimum atomic E-state index is -1.03. The van der Waals surface area contributed by atoms with Crippen molar-refractivity contribution in [1.82, 2.24) is 20.7 Å². The Balaban J connectivity index is 1.13. The molecule has 1 aliphatic carbocycles. The number of amides is 1. The molecule has 164 valence electrons. The number of epoxide rings is 1. The fourth-order valence-corrected chi connectivity index (χ4v) is 6.84. The van der Waals surface area contributed by atoms with Crippen LogP contribution in [0.15, 0.2) is 10.6 Å². The van der Waals surface area contributed by atoms with Gasteiger partial charge in [0.2, 0.25) is 0 Å². The van der Waals surface area contributed by atoms with Gasteiger partial charge in [0.05, 0.1) is 12.6 Å². The molecule has 4 aliphatic heterocycles. The number of β-lactam (4-membered cyclic amide) rings is 1. The van der Waals surface area contributed by atoms with Crippen molar-refractivity contribution in [2.45, 2.75) is 61.6 Å². The van der Waals surface area contributed by atoms with Crippen LogP contribution in [0.25, 0.3) is 0 Å². The average molecular weight is 437 g/mol. The van der Waals surface area contributed by atoms with Gasteiger partial charge in [0.15, 0.2) is 11.6 Å². The normalized spacial score (nSPS) is 38.3. The van der Waals surface area contributed by atoms with Crippen molar-refractivity contribution in [2.24, 2.45) is 11.7 Å². The van der Waals surface area contributed by atoms with Crippen molar-refractivity contribution in [3.05, 3.63) is 10.6 Å². The quantitative estimate of drug-likeness (QED) is 0.163.